The second kappa shape index (κ2) is 10.1. The van der Waals surface area contributed by atoms with Gasteiger partial charge in [0.1, 0.15) is 0 Å². The highest BCUT2D eigenvalue weighted by Crippen LogP contribution is 2.43. The van der Waals surface area contributed by atoms with Gasteiger partial charge in [0.2, 0.25) is 5.91 Å². The number of ether oxygens (including phenoxy) is 2. The molecule has 0 unspecified atom stereocenters. The molecule has 3 fully saturated rings. The molecule has 1 aliphatic carbocycles. The summed E-state index contributed by atoms with van der Waals surface area (Å²) in [6, 6.07) is 8.40. The zero-order valence-corrected chi connectivity index (χ0v) is 17.4. The third kappa shape index (κ3) is 4.88. The number of fused-ring (bicyclic) bond motifs is 1. The average Bonchev–Trinajstić information content (AvgIpc) is 3.17. The summed E-state index contributed by atoms with van der Waals surface area (Å²) in [4.78, 5) is 13.0. The molecule has 28 heavy (non-hydrogen) atoms. The Morgan fingerprint density at radius 3 is 2.89 bits per heavy atom. The van der Waals surface area contributed by atoms with Crippen molar-refractivity contribution in [1.82, 2.24) is 10.6 Å². The van der Waals surface area contributed by atoms with Crippen LogP contribution < -0.4 is 10.6 Å². The van der Waals surface area contributed by atoms with Crippen molar-refractivity contribution in [3.05, 3.63) is 35.4 Å². The number of carbonyl (C=O) groups excluding carboxylic acids is 1. The molecule has 156 valence electrons. The van der Waals surface area contributed by atoms with Crippen LogP contribution >= 0.6 is 12.4 Å². The fourth-order valence-corrected chi connectivity index (χ4v) is 4.93. The molecule has 1 aromatic carbocycles. The Morgan fingerprint density at radius 2 is 2.04 bits per heavy atom. The monoisotopic (exact) mass is 408 g/mol. The zero-order chi connectivity index (χ0) is 18.5. The van der Waals surface area contributed by atoms with Gasteiger partial charge in [-0.25, -0.2) is 0 Å². The SMILES string of the molecule is Cl.O=C(NCc1cccc(COC2CCOCC2)c1)[C@@]12CCCC[C@H]1CNC2. The van der Waals surface area contributed by atoms with Gasteiger partial charge in [0, 0.05) is 26.3 Å². The summed E-state index contributed by atoms with van der Waals surface area (Å²) in [6.07, 6.45) is 6.90. The highest BCUT2D eigenvalue weighted by Gasteiger charge is 2.49. The molecule has 3 aliphatic rings. The van der Waals surface area contributed by atoms with Crippen LogP contribution in [-0.2, 0) is 27.4 Å². The summed E-state index contributed by atoms with van der Waals surface area (Å²) in [5.41, 5.74) is 2.14. The molecule has 0 radical (unpaired) electrons. The topological polar surface area (TPSA) is 59.6 Å². The quantitative estimate of drug-likeness (QED) is 0.758. The predicted octanol–water partition coefficient (Wildman–Crippen LogP) is 3.20. The van der Waals surface area contributed by atoms with Crippen LogP contribution in [-0.4, -0.2) is 38.3 Å². The van der Waals surface area contributed by atoms with E-state index >= 15 is 0 Å². The molecule has 6 heteroatoms. The van der Waals surface area contributed by atoms with Crippen LogP contribution in [0.1, 0.15) is 49.7 Å². The smallest absolute Gasteiger partial charge is 0.228 e. The van der Waals surface area contributed by atoms with Gasteiger partial charge in [-0.1, -0.05) is 37.1 Å². The second-order valence-electron chi connectivity index (χ2n) is 8.36. The molecule has 2 aliphatic heterocycles. The van der Waals surface area contributed by atoms with Crippen LogP contribution in [0, 0.1) is 11.3 Å². The van der Waals surface area contributed by atoms with Crippen molar-refractivity contribution >= 4 is 18.3 Å². The zero-order valence-electron chi connectivity index (χ0n) is 16.6. The first-order chi connectivity index (χ1) is 13.3. The Kier molecular flexibility index (Phi) is 7.75. The molecule has 0 spiro atoms. The Balaban J connectivity index is 0.00000225. The van der Waals surface area contributed by atoms with Crippen molar-refractivity contribution in [3.8, 4) is 0 Å². The number of rotatable bonds is 6. The Labute approximate surface area is 174 Å². The number of hydrogen-bond acceptors (Lipinski definition) is 4. The van der Waals surface area contributed by atoms with E-state index in [0.29, 0.717) is 25.2 Å². The minimum atomic E-state index is -0.179. The highest BCUT2D eigenvalue weighted by molar-refractivity contribution is 5.85. The molecular weight excluding hydrogens is 376 g/mol. The molecule has 0 bridgehead atoms. The van der Waals surface area contributed by atoms with Gasteiger partial charge in [0.15, 0.2) is 0 Å². The van der Waals surface area contributed by atoms with Crippen LogP contribution in [0.4, 0.5) is 0 Å². The fourth-order valence-electron chi connectivity index (χ4n) is 4.93. The first-order valence-electron chi connectivity index (χ1n) is 10.5. The number of nitrogens with one attached hydrogen (secondary N) is 2. The third-order valence-corrected chi connectivity index (χ3v) is 6.59. The van der Waals surface area contributed by atoms with Crippen LogP contribution in [0.2, 0.25) is 0 Å². The lowest BCUT2D eigenvalue weighted by molar-refractivity contribution is -0.134. The van der Waals surface area contributed by atoms with E-state index in [1.54, 1.807) is 0 Å². The van der Waals surface area contributed by atoms with E-state index in [2.05, 4.69) is 34.9 Å². The Hall–Kier alpha value is -1.14. The molecule has 2 atom stereocenters. The number of halogens is 1. The lowest BCUT2D eigenvalue weighted by atomic mass is 9.67. The van der Waals surface area contributed by atoms with E-state index in [4.69, 9.17) is 9.47 Å². The largest absolute Gasteiger partial charge is 0.381 e. The summed E-state index contributed by atoms with van der Waals surface area (Å²) in [7, 11) is 0. The number of amides is 1. The minimum absolute atomic E-state index is 0. The summed E-state index contributed by atoms with van der Waals surface area (Å²) < 4.78 is 11.4. The van der Waals surface area contributed by atoms with Crippen LogP contribution in [0.15, 0.2) is 24.3 Å². The number of benzene rings is 1. The van der Waals surface area contributed by atoms with Gasteiger partial charge in [-0.2, -0.15) is 0 Å². The molecule has 1 aromatic rings. The van der Waals surface area contributed by atoms with Crippen molar-refractivity contribution in [2.45, 2.75) is 57.8 Å². The Bertz CT molecular complexity index is 650. The molecule has 2 N–H and O–H groups in total. The van der Waals surface area contributed by atoms with Crippen molar-refractivity contribution in [1.29, 1.82) is 0 Å². The van der Waals surface area contributed by atoms with E-state index in [-0.39, 0.29) is 23.7 Å². The molecule has 1 amide bonds. The first kappa shape index (κ1) is 21.6. The normalized spacial score (nSPS) is 27.6. The molecule has 4 rings (SSSR count). The van der Waals surface area contributed by atoms with Gasteiger partial charge in [-0.05, 0) is 49.3 Å². The molecule has 5 nitrogen and oxygen atoms in total. The predicted molar refractivity (Wildman–Crippen MR) is 111 cm³/mol. The maximum atomic E-state index is 13.0. The van der Waals surface area contributed by atoms with Crippen LogP contribution in [0.5, 0.6) is 0 Å². The standard InChI is InChI=1S/C22H32N2O3.ClH/c25-21(22-9-2-1-6-19(22)14-23-16-22)24-13-17-4-3-5-18(12-17)15-27-20-7-10-26-11-8-20;/h3-5,12,19-20,23H,1-2,6-11,13-16H2,(H,24,25);1H/t19-,22+;/m0./s1. The van der Waals surface area contributed by atoms with Crippen molar-refractivity contribution in [2.24, 2.45) is 11.3 Å². The van der Waals surface area contributed by atoms with Gasteiger partial charge < -0.3 is 20.1 Å². The summed E-state index contributed by atoms with van der Waals surface area (Å²) >= 11 is 0. The van der Waals surface area contributed by atoms with Crippen molar-refractivity contribution < 1.29 is 14.3 Å². The van der Waals surface area contributed by atoms with Gasteiger partial charge in [0.05, 0.1) is 18.1 Å². The Morgan fingerprint density at radius 1 is 1.21 bits per heavy atom. The molecule has 0 aromatic heterocycles. The van der Waals surface area contributed by atoms with E-state index in [9.17, 15) is 4.79 Å². The second-order valence-corrected chi connectivity index (χ2v) is 8.36. The third-order valence-electron chi connectivity index (χ3n) is 6.59. The van der Waals surface area contributed by atoms with Crippen LogP contribution in [0.25, 0.3) is 0 Å². The lowest BCUT2D eigenvalue weighted by Gasteiger charge is -2.37. The maximum absolute atomic E-state index is 13.0. The van der Waals surface area contributed by atoms with Gasteiger partial charge in [-0.15, -0.1) is 12.4 Å². The maximum Gasteiger partial charge on any atom is 0.228 e. The fraction of sp³-hybridized carbons (Fsp3) is 0.682. The number of carbonyl (C=O) groups is 1. The molecule has 2 heterocycles. The number of hydrogen-bond donors (Lipinski definition) is 2. The average molecular weight is 409 g/mol. The van der Waals surface area contributed by atoms with E-state index in [1.165, 1.54) is 24.8 Å². The van der Waals surface area contributed by atoms with Gasteiger partial charge in [0.25, 0.3) is 0 Å². The van der Waals surface area contributed by atoms with Gasteiger partial charge >= 0.3 is 0 Å². The van der Waals surface area contributed by atoms with Crippen LogP contribution in [0.3, 0.4) is 0 Å². The van der Waals surface area contributed by atoms with Gasteiger partial charge in [-0.3, -0.25) is 4.79 Å². The summed E-state index contributed by atoms with van der Waals surface area (Å²) in [5, 5.41) is 6.68. The summed E-state index contributed by atoms with van der Waals surface area (Å²) in [5.74, 6) is 0.742. The molecular formula is C22H33ClN2O3. The van der Waals surface area contributed by atoms with E-state index in [1.807, 2.05) is 0 Å². The minimum Gasteiger partial charge on any atom is -0.381 e. The van der Waals surface area contributed by atoms with E-state index < -0.39 is 0 Å². The molecule has 1 saturated carbocycles. The van der Waals surface area contributed by atoms with E-state index in [0.717, 1.165) is 51.1 Å². The highest BCUT2D eigenvalue weighted by atomic mass is 35.5. The summed E-state index contributed by atoms with van der Waals surface area (Å²) in [6.45, 7) is 4.65. The molecule has 2 saturated heterocycles. The lowest BCUT2D eigenvalue weighted by Crippen LogP contribution is -2.47. The van der Waals surface area contributed by atoms with Crippen molar-refractivity contribution in [3.63, 3.8) is 0 Å². The first-order valence-corrected chi connectivity index (χ1v) is 10.5. The van der Waals surface area contributed by atoms with Crippen molar-refractivity contribution in [2.75, 3.05) is 26.3 Å².